The van der Waals surface area contributed by atoms with E-state index in [1.807, 2.05) is 0 Å². The van der Waals surface area contributed by atoms with E-state index in [9.17, 15) is 0 Å². The zero-order valence-electron chi connectivity index (χ0n) is 8.84. The van der Waals surface area contributed by atoms with Crippen molar-refractivity contribution in [2.75, 3.05) is 19.6 Å². The highest BCUT2D eigenvalue weighted by molar-refractivity contribution is 4.83. The molecule has 0 aliphatic carbocycles. The molecule has 0 aliphatic heterocycles. The molecule has 0 N–H and O–H groups in total. The van der Waals surface area contributed by atoms with E-state index >= 15 is 0 Å². The van der Waals surface area contributed by atoms with Crippen molar-refractivity contribution in [1.29, 1.82) is 0 Å². The smallest absolute Gasteiger partial charge is 0.0163 e. The Hall–Kier alpha value is -0.300. The standard InChI is InChI=1S/C11H23N/c1-4-7-8-11-12(9-5-2)10-6-3/h7-8H,4-6,9-11H2,1-3H3/b8-7+. The lowest BCUT2D eigenvalue weighted by Crippen LogP contribution is -2.25. The number of hydrogen-bond donors (Lipinski definition) is 0. The molecule has 0 aromatic rings. The summed E-state index contributed by atoms with van der Waals surface area (Å²) in [7, 11) is 0. The zero-order chi connectivity index (χ0) is 9.23. The second-order valence-electron chi connectivity index (χ2n) is 3.18. The largest absolute Gasteiger partial charge is 0.300 e. The van der Waals surface area contributed by atoms with Gasteiger partial charge < -0.3 is 0 Å². The van der Waals surface area contributed by atoms with Crippen LogP contribution in [0, 0.1) is 0 Å². The fourth-order valence-corrected chi connectivity index (χ4v) is 1.32. The predicted molar refractivity (Wildman–Crippen MR) is 56.5 cm³/mol. The zero-order valence-corrected chi connectivity index (χ0v) is 8.84. The molecule has 0 unspecified atom stereocenters. The van der Waals surface area contributed by atoms with Crippen LogP contribution in [-0.2, 0) is 0 Å². The lowest BCUT2D eigenvalue weighted by Gasteiger charge is -2.18. The highest BCUT2D eigenvalue weighted by Gasteiger charge is 1.97. The molecular formula is C11H23N. The summed E-state index contributed by atoms with van der Waals surface area (Å²) in [5.41, 5.74) is 0. The van der Waals surface area contributed by atoms with Gasteiger partial charge in [-0.3, -0.25) is 4.90 Å². The van der Waals surface area contributed by atoms with Gasteiger partial charge in [0.05, 0.1) is 0 Å². The van der Waals surface area contributed by atoms with Crippen LogP contribution < -0.4 is 0 Å². The second-order valence-corrected chi connectivity index (χ2v) is 3.18. The van der Waals surface area contributed by atoms with Crippen molar-refractivity contribution in [1.82, 2.24) is 4.90 Å². The summed E-state index contributed by atoms with van der Waals surface area (Å²) in [4.78, 5) is 2.51. The molecule has 0 saturated heterocycles. The summed E-state index contributed by atoms with van der Waals surface area (Å²) in [6, 6.07) is 0. The van der Waals surface area contributed by atoms with Crippen LogP contribution >= 0.6 is 0 Å². The molecule has 0 bridgehead atoms. The van der Waals surface area contributed by atoms with Crippen LogP contribution in [0.15, 0.2) is 12.2 Å². The Kier molecular flexibility index (Phi) is 8.57. The maximum absolute atomic E-state index is 2.51. The first kappa shape index (κ1) is 11.7. The maximum atomic E-state index is 2.51. The average Bonchev–Trinajstić information content (AvgIpc) is 2.06. The van der Waals surface area contributed by atoms with Crippen LogP contribution in [0.3, 0.4) is 0 Å². The second kappa shape index (κ2) is 8.79. The van der Waals surface area contributed by atoms with Crippen molar-refractivity contribution in [3.8, 4) is 0 Å². The topological polar surface area (TPSA) is 3.24 Å². The fraction of sp³-hybridized carbons (Fsp3) is 0.818. The van der Waals surface area contributed by atoms with Gasteiger partial charge in [0, 0.05) is 6.54 Å². The molecule has 1 heteroatoms. The molecule has 0 aromatic carbocycles. The quantitative estimate of drug-likeness (QED) is 0.529. The van der Waals surface area contributed by atoms with Gasteiger partial charge in [0.15, 0.2) is 0 Å². The molecule has 0 aliphatic rings. The van der Waals surface area contributed by atoms with Crippen LogP contribution in [0.25, 0.3) is 0 Å². The molecule has 0 rings (SSSR count). The Bertz CT molecular complexity index is 102. The number of allylic oxidation sites excluding steroid dienone is 1. The van der Waals surface area contributed by atoms with Gasteiger partial charge in [-0.1, -0.05) is 32.9 Å². The molecule has 0 radical (unpaired) electrons. The Labute approximate surface area is 77.5 Å². The SMILES string of the molecule is CC/C=C/CN(CCC)CCC. The van der Waals surface area contributed by atoms with Gasteiger partial charge in [0.25, 0.3) is 0 Å². The molecule has 12 heavy (non-hydrogen) atoms. The van der Waals surface area contributed by atoms with E-state index in [-0.39, 0.29) is 0 Å². The normalized spacial score (nSPS) is 11.7. The van der Waals surface area contributed by atoms with Gasteiger partial charge in [-0.05, 0) is 32.4 Å². The summed E-state index contributed by atoms with van der Waals surface area (Å²) in [5, 5.41) is 0. The summed E-state index contributed by atoms with van der Waals surface area (Å²) in [6.07, 6.45) is 8.22. The third kappa shape index (κ3) is 6.41. The highest BCUT2D eigenvalue weighted by Crippen LogP contribution is 1.94. The molecule has 1 nitrogen and oxygen atoms in total. The van der Waals surface area contributed by atoms with E-state index in [4.69, 9.17) is 0 Å². The van der Waals surface area contributed by atoms with E-state index in [2.05, 4.69) is 37.8 Å². The van der Waals surface area contributed by atoms with E-state index in [1.165, 1.54) is 25.9 Å². The lowest BCUT2D eigenvalue weighted by molar-refractivity contribution is 0.303. The van der Waals surface area contributed by atoms with Crippen LogP contribution in [-0.4, -0.2) is 24.5 Å². The molecule has 0 saturated carbocycles. The first-order chi connectivity index (χ1) is 5.85. The van der Waals surface area contributed by atoms with Crippen molar-refractivity contribution in [2.45, 2.75) is 40.0 Å². The first-order valence-electron chi connectivity index (χ1n) is 5.22. The third-order valence-corrected chi connectivity index (χ3v) is 1.85. The van der Waals surface area contributed by atoms with Crippen molar-refractivity contribution in [3.05, 3.63) is 12.2 Å². The van der Waals surface area contributed by atoms with Crippen molar-refractivity contribution < 1.29 is 0 Å². The third-order valence-electron chi connectivity index (χ3n) is 1.85. The number of nitrogens with zero attached hydrogens (tertiary/aromatic N) is 1. The van der Waals surface area contributed by atoms with Crippen molar-refractivity contribution >= 4 is 0 Å². The summed E-state index contributed by atoms with van der Waals surface area (Å²) in [6.45, 7) is 10.3. The predicted octanol–water partition coefficient (Wildman–Crippen LogP) is 3.07. The molecule has 0 heterocycles. The van der Waals surface area contributed by atoms with E-state index < -0.39 is 0 Å². The monoisotopic (exact) mass is 169 g/mol. The number of rotatable bonds is 7. The minimum Gasteiger partial charge on any atom is -0.300 e. The van der Waals surface area contributed by atoms with E-state index in [0.29, 0.717) is 0 Å². The maximum Gasteiger partial charge on any atom is 0.0163 e. The van der Waals surface area contributed by atoms with Crippen LogP contribution in [0.2, 0.25) is 0 Å². The molecule has 0 aromatic heterocycles. The highest BCUT2D eigenvalue weighted by atomic mass is 15.1. The van der Waals surface area contributed by atoms with Gasteiger partial charge in [-0.15, -0.1) is 0 Å². The average molecular weight is 169 g/mol. The minimum atomic E-state index is 1.13. The Morgan fingerprint density at radius 2 is 1.50 bits per heavy atom. The van der Waals surface area contributed by atoms with Crippen LogP contribution in [0.1, 0.15) is 40.0 Å². The molecule has 0 fully saturated rings. The Morgan fingerprint density at radius 3 is 1.92 bits per heavy atom. The molecule has 0 amide bonds. The lowest BCUT2D eigenvalue weighted by atomic mass is 10.3. The number of hydrogen-bond acceptors (Lipinski definition) is 1. The van der Waals surface area contributed by atoms with E-state index in [1.54, 1.807) is 0 Å². The molecule has 0 spiro atoms. The van der Waals surface area contributed by atoms with Crippen LogP contribution in [0.5, 0.6) is 0 Å². The van der Waals surface area contributed by atoms with Crippen molar-refractivity contribution in [3.63, 3.8) is 0 Å². The van der Waals surface area contributed by atoms with Crippen LogP contribution in [0.4, 0.5) is 0 Å². The van der Waals surface area contributed by atoms with Gasteiger partial charge in [0.2, 0.25) is 0 Å². The minimum absolute atomic E-state index is 1.13. The van der Waals surface area contributed by atoms with Gasteiger partial charge in [-0.25, -0.2) is 0 Å². The first-order valence-corrected chi connectivity index (χ1v) is 5.22. The van der Waals surface area contributed by atoms with Crippen molar-refractivity contribution in [2.24, 2.45) is 0 Å². The van der Waals surface area contributed by atoms with Gasteiger partial charge in [-0.2, -0.15) is 0 Å². The summed E-state index contributed by atoms with van der Waals surface area (Å²) in [5.74, 6) is 0. The molecular weight excluding hydrogens is 146 g/mol. The molecule has 72 valence electrons. The molecule has 0 atom stereocenters. The van der Waals surface area contributed by atoms with E-state index in [0.717, 1.165) is 13.0 Å². The summed E-state index contributed by atoms with van der Waals surface area (Å²) >= 11 is 0. The Morgan fingerprint density at radius 1 is 0.917 bits per heavy atom. The fourth-order valence-electron chi connectivity index (χ4n) is 1.32. The van der Waals surface area contributed by atoms with Gasteiger partial charge >= 0.3 is 0 Å². The van der Waals surface area contributed by atoms with Gasteiger partial charge in [0.1, 0.15) is 0 Å². The summed E-state index contributed by atoms with van der Waals surface area (Å²) < 4.78 is 0. The Balaban J connectivity index is 3.54.